The number of ketones is 1. The Labute approximate surface area is 165 Å². The summed E-state index contributed by atoms with van der Waals surface area (Å²) < 4.78 is 7.51. The molecule has 7 nitrogen and oxygen atoms in total. The van der Waals surface area contributed by atoms with Crippen LogP contribution in [0.25, 0.3) is 11.0 Å². The average Bonchev–Trinajstić information content (AvgIpc) is 3.10. The Hall–Kier alpha value is -1.99. The lowest BCUT2D eigenvalue weighted by Crippen LogP contribution is -2.44. The SMILES string of the molecule is O=C1CCCn2c1cc1cnc(NC3CCC(NC4CCOCC4)CC3)nc12. The summed E-state index contributed by atoms with van der Waals surface area (Å²) >= 11 is 0. The molecular weight excluding hydrogens is 354 g/mol. The molecule has 2 aromatic rings. The van der Waals surface area contributed by atoms with Crippen LogP contribution in [0.15, 0.2) is 12.3 Å². The van der Waals surface area contributed by atoms with Crippen molar-refractivity contribution in [3.8, 4) is 0 Å². The Morgan fingerprint density at radius 3 is 2.61 bits per heavy atom. The van der Waals surface area contributed by atoms with Crippen LogP contribution in [-0.2, 0) is 11.3 Å². The number of rotatable bonds is 4. The fraction of sp³-hybridized carbons (Fsp3) is 0.667. The molecule has 2 N–H and O–H groups in total. The van der Waals surface area contributed by atoms with Gasteiger partial charge in [0.2, 0.25) is 5.95 Å². The van der Waals surface area contributed by atoms with Gasteiger partial charge < -0.3 is 19.9 Å². The molecule has 2 fully saturated rings. The van der Waals surface area contributed by atoms with E-state index in [2.05, 4.69) is 20.2 Å². The van der Waals surface area contributed by atoms with E-state index in [-0.39, 0.29) is 5.78 Å². The Bertz CT molecular complexity index is 850. The third kappa shape index (κ3) is 3.65. The highest BCUT2D eigenvalue weighted by molar-refractivity contribution is 6.00. The Balaban J connectivity index is 1.21. The maximum Gasteiger partial charge on any atom is 0.224 e. The summed E-state index contributed by atoms with van der Waals surface area (Å²) in [6.45, 7) is 2.65. The zero-order valence-electron chi connectivity index (χ0n) is 16.3. The number of aromatic nitrogens is 3. The van der Waals surface area contributed by atoms with Crippen LogP contribution in [0.1, 0.15) is 61.9 Å². The predicted molar refractivity (Wildman–Crippen MR) is 108 cm³/mol. The normalized spacial score (nSPS) is 26.4. The van der Waals surface area contributed by atoms with Gasteiger partial charge in [0.25, 0.3) is 0 Å². The number of ether oxygens (including phenoxy) is 1. The maximum absolute atomic E-state index is 12.1. The average molecular weight is 383 g/mol. The fourth-order valence-corrected chi connectivity index (χ4v) is 4.88. The van der Waals surface area contributed by atoms with Gasteiger partial charge in [-0.2, -0.15) is 4.98 Å². The lowest BCUT2D eigenvalue weighted by molar-refractivity contribution is 0.0730. The first-order valence-corrected chi connectivity index (χ1v) is 10.8. The number of anilines is 1. The highest BCUT2D eigenvalue weighted by atomic mass is 16.5. The Kier molecular flexibility index (Phi) is 5.03. The van der Waals surface area contributed by atoms with Crippen molar-refractivity contribution < 1.29 is 9.53 Å². The first-order valence-electron chi connectivity index (χ1n) is 10.8. The highest BCUT2D eigenvalue weighted by Gasteiger charge is 2.25. The number of carbonyl (C=O) groups excluding carboxylic acids is 1. The minimum Gasteiger partial charge on any atom is -0.381 e. The van der Waals surface area contributed by atoms with Gasteiger partial charge in [-0.15, -0.1) is 0 Å². The monoisotopic (exact) mass is 383 g/mol. The maximum atomic E-state index is 12.1. The van der Waals surface area contributed by atoms with Crippen LogP contribution in [0.4, 0.5) is 5.95 Å². The summed E-state index contributed by atoms with van der Waals surface area (Å²) in [6, 6.07) is 3.60. The van der Waals surface area contributed by atoms with E-state index in [0.29, 0.717) is 30.5 Å². The highest BCUT2D eigenvalue weighted by Crippen LogP contribution is 2.26. The molecule has 1 aliphatic carbocycles. The van der Waals surface area contributed by atoms with Gasteiger partial charge >= 0.3 is 0 Å². The van der Waals surface area contributed by atoms with Gasteiger partial charge in [0.15, 0.2) is 5.78 Å². The number of nitrogens with one attached hydrogen (secondary N) is 2. The second-order valence-electron chi connectivity index (χ2n) is 8.43. The van der Waals surface area contributed by atoms with Gasteiger partial charge in [-0.05, 0) is 51.0 Å². The van der Waals surface area contributed by atoms with Gasteiger partial charge in [0.1, 0.15) is 5.65 Å². The van der Waals surface area contributed by atoms with Crippen LogP contribution < -0.4 is 10.6 Å². The van der Waals surface area contributed by atoms with E-state index in [1.54, 1.807) is 0 Å². The largest absolute Gasteiger partial charge is 0.381 e. The molecule has 1 saturated heterocycles. The van der Waals surface area contributed by atoms with Crippen molar-refractivity contribution in [1.29, 1.82) is 0 Å². The molecule has 5 rings (SSSR count). The molecule has 2 aromatic heterocycles. The van der Waals surface area contributed by atoms with Crippen LogP contribution in [0.2, 0.25) is 0 Å². The molecule has 2 aliphatic heterocycles. The molecule has 0 radical (unpaired) electrons. The standard InChI is InChI=1S/C21H29N5O2/c27-19-2-1-9-26-18(19)12-14-13-22-21(25-20(14)26)24-16-5-3-15(4-6-16)23-17-7-10-28-11-8-17/h12-13,15-17,23H,1-11H2,(H,22,24,25). The van der Waals surface area contributed by atoms with Crippen molar-refractivity contribution >= 4 is 22.8 Å². The number of nitrogens with zero attached hydrogens (tertiary/aromatic N) is 3. The smallest absolute Gasteiger partial charge is 0.224 e. The molecule has 4 heterocycles. The van der Waals surface area contributed by atoms with Crippen molar-refractivity contribution in [2.75, 3.05) is 18.5 Å². The number of fused-ring (bicyclic) bond motifs is 3. The van der Waals surface area contributed by atoms with E-state index in [0.717, 1.165) is 68.6 Å². The molecule has 0 bridgehead atoms. The summed E-state index contributed by atoms with van der Waals surface area (Å²) in [5, 5.41) is 8.32. The van der Waals surface area contributed by atoms with E-state index < -0.39 is 0 Å². The quantitative estimate of drug-likeness (QED) is 0.845. The van der Waals surface area contributed by atoms with Crippen LogP contribution >= 0.6 is 0 Å². The summed E-state index contributed by atoms with van der Waals surface area (Å²) in [6.07, 6.45) is 10.3. The molecule has 0 aromatic carbocycles. The molecule has 0 spiro atoms. The van der Waals surface area contributed by atoms with Crippen molar-refractivity contribution in [2.45, 2.75) is 76.0 Å². The van der Waals surface area contributed by atoms with Crippen LogP contribution in [0.3, 0.4) is 0 Å². The second kappa shape index (κ2) is 7.79. The first-order chi connectivity index (χ1) is 13.8. The summed E-state index contributed by atoms with van der Waals surface area (Å²) in [5.41, 5.74) is 1.67. The van der Waals surface area contributed by atoms with Gasteiger partial charge in [-0.3, -0.25) is 4.79 Å². The number of aryl methyl sites for hydroxylation is 1. The summed E-state index contributed by atoms with van der Waals surface area (Å²) in [4.78, 5) is 21.4. The zero-order chi connectivity index (χ0) is 18.9. The number of Topliss-reactive ketones (excluding diaryl/α,β-unsaturated/α-hetero) is 1. The van der Waals surface area contributed by atoms with E-state index in [1.165, 1.54) is 12.8 Å². The molecule has 7 heteroatoms. The molecule has 0 unspecified atom stereocenters. The topological polar surface area (TPSA) is 81.1 Å². The van der Waals surface area contributed by atoms with Crippen molar-refractivity contribution in [1.82, 2.24) is 19.9 Å². The lowest BCUT2D eigenvalue weighted by Gasteiger charge is -2.33. The van der Waals surface area contributed by atoms with Gasteiger partial charge in [-0.25, -0.2) is 4.98 Å². The molecule has 3 aliphatic rings. The molecule has 28 heavy (non-hydrogen) atoms. The van der Waals surface area contributed by atoms with Crippen molar-refractivity contribution in [2.24, 2.45) is 0 Å². The summed E-state index contributed by atoms with van der Waals surface area (Å²) in [7, 11) is 0. The number of hydrogen-bond acceptors (Lipinski definition) is 6. The van der Waals surface area contributed by atoms with Crippen molar-refractivity contribution in [3.05, 3.63) is 18.0 Å². The minimum absolute atomic E-state index is 0.217. The molecule has 1 saturated carbocycles. The molecular formula is C21H29N5O2. The van der Waals surface area contributed by atoms with E-state index >= 15 is 0 Å². The summed E-state index contributed by atoms with van der Waals surface area (Å²) in [5.74, 6) is 0.904. The Morgan fingerprint density at radius 2 is 1.79 bits per heavy atom. The predicted octanol–water partition coefficient (Wildman–Crippen LogP) is 2.90. The number of carbonyl (C=O) groups is 1. The number of hydrogen-bond donors (Lipinski definition) is 2. The van der Waals surface area contributed by atoms with Crippen LogP contribution in [-0.4, -0.2) is 51.7 Å². The van der Waals surface area contributed by atoms with E-state index in [9.17, 15) is 4.79 Å². The van der Waals surface area contributed by atoms with E-state index in [1.807, 2.05) is 12.3 Å². The first kappa shape index (κ1) is 18.1. The third-order valence-corrected chi connectivity index (χ3v) is 6.46. The van der Waals surface area contributed by atoms with Gasteiger partial charge in [-0.1, -0.05) is 0 Å². The fourth-order valence-electron chi connectivity index (χ4n) is 4.88. The molecule has 0 atom stereocenters. The van der Waals surface area contributed by atoms with Crippen LogP contribution in [0, 0.1) is 0 Å². The Morgan fingerprint density at radius 1 is 1.04 bits per heavy atom. The van der Waals surface area contributed by atoms with Gasteiger partial charge in [0.05, 0.1) is 5.69 Å². The molecule has 0 amide bonds. The van der Waals surface area contributed by atoms with E-state index in [4.69, 9.17) is 9.72 Å². The minimum atomic E-state index is 0.217. The lowest BCUT2D eigenvalue weighted by atomic mass is 9.90. The van der Waals surface area contributed by atoms with Crippen molar-refractivity contribution in [3.63, 3.8) is 0 Å². The van der Waals surface area contributed by atoms with Gasteiger partial charge in [0, 0.05) is 55.9 Å². The van der Waals surface area contributed by atoms with Crippen LogP contribution in [0.5, 0.6) is 0 Å². The molecule has 150 valence electrons. The third-order valence-electron chi connectivity index (χ3n) is 6.46. The second-order valence-corrected chi connectivity index (χ2v) is 8.43. The zero-order valence-corrected chi connectivity index (χ0v) is 16.3.